The van der Waals surface area contributed by atoms with Crippen LogP contribution in [0.2, 0.25) is 4.31 Å². The number of hydrogen-bond acceptors (Lipinski definition) is 4. The molecule has 1 saturated carbocycles. The summed E-state index contributed by atoms with van der Waals surface area (Å²) in [5.41, 5.74) is 0. The van der Waals surface area contributed by atoms with Crippen LogP contribution in [0.25, 0.3) is 0 Å². The van der Waals surface area contributed by atoms with Crippen LogP contribution in [-0.4, -0.2) is 61.4 Å². The van der Waals surface area contributed by atoms with Gasteiger partial charge in [0.05, 0.1) is 0 Å². The van der Waals surface area contributed by atoms with Crippen molar-refractivity contribution in [3.63, 3.8) is 0 Å². The van der Waals surface area contributed by atoms with Crippen molar-refractivity contribution in [3.8, 4) is 0 Å². The Balaban J connectivity index is 2.56. The van der Waals surface area contributed by atoms with Crippen molar-refractivity contribution in [2.45, 2.75) is 29.0 Å². The van der Waals surface area contributed by atoms with E-state index in [1.165, 1.54) is 0 Å². The van der Waals surface area contributed by atoms with Crippen LogP contribution in [0.5, 0.6) is 0 Å². The number of aliphatic hydroxyl groups excluding tert-OH is 4. The van der Waals surface area contributed by atoms with Crippen molar-refractivity contribution < 1.29 is 20.4 Å². The number of rotatable bonds is 2. The van der Waals surface area contributed by atoms with Crippen molar-refractivity contribution in [2.75, 3.05) is 6.61 Å². The van der Waals surface area contributed by atoms with E-state index >= 15 is 0 Å². The molecule has 0 amide bonds. The fourth-order valence-electron chi connectivity index (χ4n) is 1.23. The Morgan fingerprint density at radius 3 is 2.36 bits per heavy atom. The second-order valence-corrected chi connectivity index (χ2v) is 4.65. The van der Waals surface area contributed by atoms with Crippen LogP contribution in [-0.2, 0) is 0 Å². The van der Waals surface area contributed by atoms with Crippen LogP contribution < -0.4 is 0 Å². The standard InChI is InChI=1S/C6H12O4Se/c7-2-4(9)6(11)1-3(8)5(6)10/h3-5,7-11H,1-2H2/t3-,4+,5+,6+/m1/s1. The number of aliphatic hydroxyl groups is 4. The molecule has 1 fully saturated rings. The van der Waals surface area contributed by atoms with E-state index in [1.54, 1.807) is 0 Å². The van der Waals surface area contributed by atoms with Crippen LogP contribution in [0.3, 0.4) is 0 Å². The Morgan fingerprint density at radius 1 is 1.55 bits per heavy atom. The molecule has 1 rings (SSSR count). The Labute approximate surface area is 72.7 Å². The van der Waals surface area contributed by atoms with Gasteiger partial charge in [-0.25, -0.2) is 0 Å². The van der Waals surface area contributed by atoms with Gasteiger partial charge in [-0.15, -0.1) is 0 Å². The van der Waals surface area contributed by atoms with Gasteiger partial charge < -0.3 is 0 Å². The zero-order valence-electron chi connectivity index (χ0n) is 5.88. The molecule has 0 saturated heterocycles. The average Bonchev–Trinajstić information content (AvgIpc) is 2.02. The van der Waals surface area contributed by atoms with E-state index in [-0.39, 0.29) is 0 Å². The van der Waals surface area contributed by atoms with Gasteiger partial charge in [0.15, 0.2) is 0 Å². The van der Waals surface area contributed by atoms with Crippen molar-refractivity contribution in [1.29, 1.82) is 0 Å². The summed E-state index contributed by atoms with van der Waals surface area (Å²) in [6.45, 7) is -0.390. The van der Waals surface area contributed by atoms with E-state index in [4.69, 9.17) is 10.2 Å². The van der Waals surface area contributed by atoms with Gasteiger partial charge >= 0.3 is 72.1 Å². The molecular weight excluding hydrogens is 215 g/mol. The second kappa shape index (κ2) is 3.01. The molecule has 0 unspecified atom stereocenters. The summed E-state index contributed by atoms with van der Waals surface area (Å²) in [5, 5.41) is 35.9. The fourth-order valence-corrected chi connectivity index (χ4v) is 2.16. The first-order valence-electron chi connectivity index (χ1n) is 3.40. The van der Waals surface area contributed by atoms with Gasteiger partial charge in [-0.3, -0.25) is 0 Å². The molecule has 0 radical (unpaired) electrons. The van der Waals surface area contributed by atoms with E-state index < -0.39 is 29.2 Å². The molecular formula is C6H12O4Se. The van der Waals surface area contributed by atoms with Gasteiger partial charge in [-0.05, 0) is 0 Å². The summed E-state index contributed by atoms with van der Waals surface area (Å²) in [6.07, 6.45) is -2.36. The molecule has 0 aromatic rings. The van der Waals surface area contributed by atoms with Crippen molar-refractivity contribution in [1.82, 2.24) is 0 Å². The zero-order chi connectivity index (χ0) is 8.65. The summed E-state index contributed by atoms with van der Waals surface area (Å²) >= 11 is 2.12. The van der Waals surface area contributed by atoms with Crippen LogP contribution in [0.4, 0.5) is 0 Å². The summed E-state index contributed by atoms with van der Waals surface area (Å²) < 4.78 is -0.791. The van der Waals surface area contributed by atoms with Crippen molar-refractivity contribution >= 4 is 16.0 Å². The first-order valence-corrected chi connectivity index (χ1v) is 4.33. The third kappa shape index (κ3) is 1.33. The maximum atomic E-state index is 9.20. The minimum absolute atomic E-state index is 0.315. The Morgan fingerprint density at radius 2 is 2.09 bits per heavy atom. The van der Waals surface area contributed by atoms with E-state index in [2.05, 4.69) is 16.0 Å². The molecule has 0 aromatic carbocycles. The molecule has 0 bridgehead atoms. The molecule has 0 aromatic heterocycles. The van der Waals surface area contributed by atoms with Gasteiger partial charge in [-0.1, -0.05) is 0 Å². The molecule has 0 aliphatic heterocycles. The zero-order valence-corrected chi connectivity index (χ0v) is 7.76. The van der Waals surface area contributed by atoms with Crippen LogP contribution in [0.15, 0.2) is 0 Å². The maximum absolute atomic E-state index is 9.20. The Hall–Kier alpha value is 0.359. The molecule has 5 heteroatoms. The predicted molar refractivity (Wildman–Crippen MR) is 39.6 cm³/mol. The van der Waals surface area contributed by atoms with E-state index in [0.717, 1.165) is 0 Å². The predicted octanol–water partition coefficient (Wildman–Crippen LogP) is -2.48. The summed E-state index contributed by atoms with van der Waals surface area (Å²) in [6, 6.07) is 0. The Kier molecular flexibility index (Phi) is 2.59. The Bertz CT molecular complexity index is 148. The molecule has 1 aliphatic carbocycles. The summed E-state index contributed by atoms with van der Waals surface area (Å²) in [7, 11) is 0. The quantitative estimate of drug-likeness (QED) is 0.394. The van der Waals surface area contributed by atoms with Gasteiger partial charge in [0.2, 0.25) is 0 Å². The van der Waals surface area contributed by atoms with Gasteiger partial charge in [-0.2, -0.15) is 0 Å². The molecule has 0 heterocycles. The van der Waals surface area contributed by atoms with Crippen LogP contribution in [0, 0.1) is 0 Å². The molecule has 1 aliphatic rings. The fraction of sp³-hybridized carbons (Fsp3) is 1.00. The third-order valence-corrected chi connectivity index (χ3v) is 3.73. The average molecular weight is 227 g/mol. The van der Waals surface area contributed by atoms with Crippen LogP contribution in [0.1, 0.15) is 6.42 Å². The molecule has 0 spiro atoms. The van der Waals surface area contributed by atoms with Crippen LogP contribution >= 0.6 is 0 Å². The first-order chi connectivity index (χ1) is 5.02. The molecule has 4 nitrogen and oxygen atoms in total. The van der Waals surface area contributed by atoms with Gasteiger partial charge in [0, 0.05) is 0 Å². The van der Waals surface area contributed by atoms with Crippen molar-refractivity contribution in [3.05, 3.63) is 0 Å². The second-order valence-electron chi connectivity index (χ2n) is 2.91. The molecule has 4 N–H and O–H groups in total. The van der Waals surface area contributed by atoms with Gasteiger partial charge in [0.1, 0.15) is 0 Å². The van der Waals surface area contributed by atoms with E-state index in [0.29, 0.717) is 6.42 Å². The number of hydrogen-bond donors (Lipinski definition) is 4. The van der Waals surface area contributed by atoms with Gasteiger partial charge in [0.25, 0.3) is 0 Å². The molecule has 4 atom stereocenters. The first kappa shape index (κ1) is 9.45. The monoisotopic (exact) mass is 228 g/mol. The SMILES string of the molecule is OC[C@H](O)[C@@]1([SeH])C[C@@H](O)[C@@H]1O. The summed E-state index contributed by atoms with van der Waals surface area (Å²) in [4.78, 5) is 0. The molecule has 11 heavy (non-hydrogen) atoms. The third-order valence-electron chi connectivity index (χ3n) is 2.16. The normalized spacial score (nSPS) is 46.6. The molecule has 66 valence electrons. The van der Waals surface area contributed by atoms with Crippen molar-refractivity contribution in [2.24, 2.45) is 0 Å². The van der Waals surface area contributed by atoms with E-state index in [9.17, 15) is 10.2 Å². The topological polar surface area (TPSA) is 80.9 Å². The summed E-state index contributed by atoms with van der Waals surface area (Å²) in [5.74, 6) is 0. The van der Waals surface area contributed by atoms with E-state index in [1.807, 2.05) is 0 Å². The minimum atomic E-state index is -0.971.